The Hall–Kier alpha value is 0.1000. The van der Waals surface area contributed by atoms with Gasteiger partial charge in [-0.05, 0) is 61.9 Å². The number of hydrogen-bond donors (Lipinski definition) is 1. The van der Waals surface area contributed by atoms with Crippen molar-refractivity contribution in [1.29, 1.82) is 0 Å². The molecule has 4 heteroatoms. The van der Waals surface area contributed by atoms with Crippen LogP contribution in [0.5, 0.6) is 0 Å². The molecule has 0 aromatic carbocycles. The molecule has 0 radical (unpaired) electrons. The lowest BCUT2D eigenvalue weighted by atomic mass is 10.1. The first-order valence-corrected chi connectivity index (χ1v) is 6.79. The number of nitrogens with zero attached hydrogens (tertiary/aromatic N) is 1. The molecule has 2 N–H and O–H groups in total. The van der Waals surface area contributed by atoms with Crippen LogP contribution in [-0.4, -0.2) is 25.0 Å². The van der Waals surface area contributed by atoms with Crippen molar-refractivity contribution in [3.63, 3.8) is 0 Å². The van der Waals surface area contributed by atoms with Gasteiger partial charge in [-0.1, -0.05) is 0 Å². The number of rotatable bonds is 5. The maximum atomic E-state index is 5.80. The van der Waals surface area contributed by atoms with Gasteiger partial charge in [-0.2, -0.15) is 0 Å². The molecule has 2 atom stereocenters. The molecule has 0 spiro atoms. The smallest absolute Gasteiger partial charge is 0.0701 e. The highest BCUT2D eigenvalue weighted by atomic mass is 79.9. The maximum absolute atomic E-state index is 5.80. The molecule has 1 rings (SSSR count). The van der Waals surface area contributed by atoms with E-state index in [-0.39, 0.29) is 6.04 Å². The molecule has 0 bridgehead atoms. The minimum atomic E-state index is 0.288. The van der Waals surface area contributed by atoms with Crippen molar-refractivity contribution in [2.45, 2.75) is 31.8 Å². The molecule has 0 saturated carbocycles. The highest BCUT2D eigenvalue weighted by molar-refractivity contribution is 9.11. The van der Waals surface area contributed by atoms with Crippen molar-refractivity contribution in [1.82, 2.24) is 4.90 Å². The van der Waals surface area contributed by atoms with Gasteiger partial charge in [0.25, 0.3) is 0 Å². The molecule has 0 aliphatic rings. The van der Waals surface area contributed by atoms with Crippen LogP contribution >= 0.6 is 27.3 Å². The molecular weight excluding hydrogens is 272 g/mol. The monoisotopic (exact) mass is 290 g/mol. The first kappa shape index (κ1) is 13.2. The van der Waals surface area contributed by atoms with Crippen LogP contribution in [0.1, 0.15) is 30.7 Å². The SMILES string of the molecule is CC(N)CCC(c1ccc(Br)s1)N(C)C. The Morgan fingerprint density at radius 1 is 1.40 bits per heavy atom. The molecule has 2 unspecified atom stereocenters. The Morgan fingerprint density at radius 2 is 2.07 bits per heavy atom. The van der Waals surface area contributed by atoms with E-state index in [1.165, 1.54) is 8.66 Å². The van der Waals surface area contributed by atoms with Crippen LogP contribution in [0.4, 0.5) is 0 Å². The normalized spacial score (nSPS) is 15.6. The second kappa shape index (κ2) is 5.99. The zero-order valence-corrected chi connectivity index (χ0v) is 11.9. The molecular formula is C11H19BrN2S. The largest absolute Gasteiger partial charge is 0.328 e. The van der Waals surface area contributed by atoms with E-state index in [0.717, 1.165) is 12.8 Å². The zero-order valence-electron chi connectivity index (χ0n) is 9.53. The summed E-state index contributed by atoms with van der Waals surface area (Å²) in [6, 6.07) is 5.09. The van der Waals surface area contributed by atoms with E-state index in [9.17, 15) is 0 Å². The van der Waals surface area contributed by atoms with Gasteiger partial charge in [0, 0.05) is 17.0 Å². The number of halogens is 1. The van der Waals surface area contributed by atoms with Crippen molar-refractivity contribution in [2.24, 2.45) is 5.73 Å². The summed E-state index contributed by atoms with van der Waals surface area (Å²) >= 11 is 5.31. The predicted molar refractivity (Wildman–Crippen MR) is 71.3 cm³/mol. The van der Waals surface area contributed by atoms with Crippen LogP contribution in [0.15, 0.2) is 15.9 Å². The Morgan fingerprint density at radius 3 is 2.47 bits per heavy atom. The fourth-order valence-electron chi connectivity index (χ4n) is 1.58. The zero-order chi connectivity index (χ0) is 11.4. The van der Waals surface area contributed by atoms with Crippen LogP contribution in [0, 0.1) is 0 Å². The van der Waals surface area contributed by atoms with Crippen LogP contribution in [0.2, 0.25) is 0 Å². The summed E-state index contributed by atoms with van der Waals surface area (Å²) in [6.45, 7) is 2.07. The van der Waals surface area contributed by atoms with E-state index in [1.54, 1.807) is 0 Å². The molecule has 1 aromatic heterocycles. The molecule has 0 aliphatic heterocycles. The summed E-state index contributed by atoms with van der Waals surface area (Å²) in [5.74, 6) is 0. The standard InChI is InChI=1S/C11H19BrN2S/c1-8(13)4-5-9(14(2)3)10-6-7-11(12)15-10/h6-9H,4-5,13H2,1-3H3. The molecule has 86 valence electrons. The first-order valence-electron chi connectivity index (χ1n) is 5.18. The van der Waals surface area contributed by atoms with E-state index in [4.69, 9.17) is 5.73 Å². The minimum Gasteiger partial charge on any atom is -0.328 e. The topological polar surface area (TPSA) is 29.3 Å². The summed E-state index contributed by atoms with van der Waals surface area (Å²) in [7, 11) is 4.25. The van der Waals surface area contributed by atoms with Gasteiger partial charge in [0.1, 0.15) is 0 Å². The quantitative estimate of drug-likeness (QED) is 0.902. The molecule has 0 amide bonds. The lowest BCUT2D eigenvalue weighted by molar-refractivity contribution is 0.279. The average Bonchev–Trinajstić information content (AvgIpc) is 2.51. The fourth-order valence-corrected chi connectivity index (χ4v) is 3.24. The molecule has 0 aliphatic carbocycles. The molecule has 0 saturated heterocycles. The molecule has 1 heterocycles. The van der Waals surface area contributed by atoms with Gasteiger partial charge in [0.2, 0.25) is 0 Å². The van der Waals surface area contributed by atoms with E-state index >= 15 is 0 Å². The number of hydrogen-bond acceptors (Lipinski definition) is 3. The van der Waals surface area contributed by atoms with Crippen molar-refractivity contribution < 1.29 is 0 Å². The Balaban J connectivity index is 2.66. The van der Waals surface area contributed by atoms with Crippen LogP contribution in [0.25, 0.3) is 0 Å². The van der Waals surface area contributed by atoms with Crippen molar-refractivity contribution in [3.8, 4) is 0 Å². The second-order valence-electron chi connectivity index (χ2n) is 4.18. The fraction of sp³-hybridized carbons (Fsp3) is 0.636. The van der Waals surface area contributed by atoms with Gasteiger partial charge in [0.05, 0.1) is 3.79 Å². The molecule has 1 aromatic rings. The third kappa shape index (κ3) is 4.23. The van der Waals surface area contributed by atoms with Crippen LogP contribution in [-0.2, 0) is 0 Å². The summed E-state index contributed by atoms with van der Waals surface area (Å²) in [6.07, 6.45) is 2.19. The Bertz CT molecular complexity index is 297. The minimum absolute atomic E-state index is 0.288. The summed E-state index contributed by atoms with van der Waals surface area (Å²) in [4.78, 5) is 3.67. The third-order valence-corrected chi connectivity index (χ3v) is 4.17. The highest BCUT2D eigenvalue weighted by Crippen LogP contribution is 2.32. The number of nitrogens with two attached hydrogens (primary N) is 1. The number of thiophene rings is 1. The molecule has 2 nitrogen and oxygen atoms in total. The second-order valence-corrected chi connectivity index (χ2v) is 6.67. The first-order chi connectivity index (χ1) is 7.00. The Kier molecular flexibility index (Phi) is 5.26. The lowest BCUT2D eigenvalue weighted by Gasteiger charge is -2.23. The lowest BCUT2D eigenvalue weighted by Crippen LogP contribution is -2.22. The van der Waals surface area contributed by atoms with Gasteiger partial charge in [-0.3, -0.25) is 0 Å². The van der Waals surface area contributed by atoms with E-state index < -0.39 is 0 Å². The average molecular weight is 291 g/mol. The third-order valence-electron chi connectivity index (χ3n) is 2.44. The van der Waals surface area contributed by atoms with Crippen molar-refractivity contribution >= 4 is 27.3 Å². The van der Waals surface area contributed by atoms with Crippen LogP contribution < -0.4 is 5.73 Å². The van der Waals surface area contributed by atoms with Crippen molar-refractivity contribution in [3.05, 3.63) is 20.8 Å². The highest BCUT2D eigenvalue weighted by Gasteiger charge is 2.16. The van der Waals surface area contributed by atoms with E-state index in [1.807, 2.05) is 11.3 Å². The van der Waals surface area contributed by atoms with Crippen LogP contribution in [0.3, 0.4) is 0 Å². The molecule has 15 heavy (non-hydrogen) atoms. The van der Waals surface area contributed by atoms with E-state index in [2.05, 4.69) is 54.0 Å². The Labute approximate surface area is 105 Å². The summed E-state index contributed by atoms with van der Waals surface area (Å²) in [5.41, 5.74) is 5.80. The summed E-state index contributed by atoms with van der Waals surface area (Å²) in [5, 5.41) is 0. The van der Waals surface area contributed by atoms with E-state index in [0.29, 0.717) is 6.04 Å². The van der Waals surface area contributed by atoms with Crippen molar-refractivity contribution in [2.75, 3.05) is 14.1 Å². The predicted octanol–water partition coefficient (Wildman–Crippen LogP) is 3.24. The summed E-state index contributed by atoms with van der Waals surface area (Å²) < 4.78 is 1.20. The maximum Gasteiger partial charge on any atom is 0.0701 e. The van der Waals surface area contributed by atoms with Gasteiger partial charge >= 0.3 is 0 Å². The molecule has 0 fully saturated rings. The van der Waals surface area contributed by atoms with Gasteiger partial charge in [0.15, 0.2) is 0 Å². The van der Waals surface area contributed by atoms with Gasteiger partial charge in [-0.15, -0.1) is 11.3 Å². The van der Waals surface area contributed by atoms with Gasteiger partial charge < -0.3 is 10.6 Å². The van der Waals surface area contributed by atoms with Gasteiger partial charge in [-0.25, -0.2) is 0 Å².